The first kappa shape index (κ1) is 12.1. The molecule has 1 rings (SSSR count). The fourth-order valence-corrected chi connectivity index (χ4v) is 1.20. The number of aromatic nitrogens is 2. The molecule has 1 N–H and O–H groups in total. The molecule has 4 heteroatoms. The Bertz CT molecular complexity index is 288. The molecule has 15 heavy (non-hydrogen) atoms. The quantitative estimate of drug-likeness (QED) is 0.804. The van der Waals surface area contributed by atoms with Crippen molar-refractivity contribution in [3.05, 3.63) is 24.3 Å². The summed E-state index contributed by atoms with van der Waals surface area (Å²) in [6.07, 6.45) is 4.02. The fourth-order valence-electron chi connectivity index (χ4n) is 1.20. The highest BCUT2D eigenvalue weighted by atomic mass is 16.5. The van der Waals surface area contributed by atoms with Crippen LogP contribution in [0.3, 0.4) is 0 Å². The molecular formula is C11H18N2O2. The first-order chi connectivity index (χ1) is 7.05. The maximum Gasteiger partial charge on any atom is 0.156 e. The molecule has 0 fully saturated rings. The number of rotatable bonds is 5. The second-order valence-electron chi connectivity index (χ2n) is 4.13. The third-order valence-electron chi connectivity index (χ3n) is 2.46. The van der Waals surface area contributed by atoms with E-state index in [2.05, 4.69) is 9.97 Å². The van der Waals surface area contributed by atoms with Gasteiger partial charge in [0.1, 0.15) is 6.10 Å². The summed E-state index contributed by atoms with van der Waals surface area (Å²) in [6, 6.07) is 1.73. The highest BCUT2D eigenvalue weighted by molar-refractivity contribution is 4.92. The Hall–Kier alpha value is -1.00. The predicted octanol–water partition coefficient (Wildman–Crippen LogP) is 1.72. The molecule has 0 radical (unpaired) electrons. The molecule has 84 valence electrons. The lowest BCUT2D eigenvalue weighted by atomic mass is 10.00. The lowest BCUT2D eigenvalue weighted by Gasteiger charge is -2.23. The standard InChI is InChI=1S/C11H18N2O2/c1-11(2,15-3)6-5-9(14)10-12-7-4-8-13-10/h4,7-9,14H,5-6H2,1-3H3. The number of methoxy groups -OCH3 is 1. The van der Waals surface area contributed by atoms with E-state index in [1.54, 1.807) is 25.6 Å². The Balaban J connectivity index is 2.47. The number of aliphatic hydroxyl groups is 1. The number of ether oxygens (including phenoxy) is 1. The van der Waals surface area contributed by atoms with Gasteiger partial charge in [-0.3, -0.25) is 0 Å². The summed E-state index contributed by atoms with van der Waals surface area (Å²) in [4.78, 5) is 8.01. The summed E-state index contributed by atoms with van der Waals surface area (Å²) in [6.45, 7) is 3.98. The molecule has 0 aromatic carbocycles. The molecule has 0 aliphatic heterocycles. The van der Waals surface area contributed by atoms with E-state index in [1.165, 1.54) is 0 Å². The average Bonchev–Trinajstić information content (AvgIpc) is 2.27. The van der Waals surface area contributed by atoms with Crippen molar-refractivity contribution in [2.45, 2.75) is 38.4 Å². The van der Waals surface area contributed by atoms with Crippen LogP contribution in [0.15, 0.2) is 18.5 Å². The minimum atomic E-state index is -0.611. The van der Waals surface area contributed by atoms with Crippen LogP contribution in [0, 0.1) is 0 Å². The van der Waals surface area contributed by atoms with E-state index < -0.39 is 6.10 Å². The van der Waals surface area contributed by atoms with Crippen LogP contribution in [-0.4, -0.2) is 27.8 Å². The van der Waals surface area contributed by atoms with Gasteiger partial charge in [0.2, 0.25) is 0 Å². The zero-order chi connectivity index (χ0) is 11.3. The van der Waals surface area contributed by atoms with Crippen molar-refractivity contribution < 1.29 is 9.84 Å². The molecule has 0 amide bonds. The van der Waals surface area contributed by atoms with Gasteiger partial charge < -0.3 is 9.84 Å². The summed E-state index contributed by atoms with van der Waals surface area (Å²) < 4.78 is 5.27. The second kappa shape index (κ2) is 5.19. The molecule has 0 spiro atoms. The van der Waals surface area contributed by atoms with E-state index in [0.29, 0.717) is 12.2 Å². The van der Waals surface area contributed by atoms with Crippen molar-refractivity contribution >= 4 is 0 Å². The summed E-state index contributed by atoms with van der Waals surface area (Å²) >= 11 is 0. The second-order valence-corrected chi connectivity index (χ2v) is 4.13. The highest BCUT2D eigenvalue weighted by Gasteiger charge is 2.19. The highest BCUT2D eigenvalue weighted by Crippen LogP contribution is 2.21. The molecule has 0 bridgehead atoms. The Kier molecular flexibility index (Phi) is 4.17. The van der Waals surface area contributed by atoms with Gasteiger partial charge in [0, 0.05) is 19.5 Å². The molecular weight excluding hydrogens is 192 g/mol. The van der Waals surface area contributed by atoms with Crippen LogP contribution < -0.4 is 0 Å². The number of nitrogens with zero attached hydrogens (tertiary/aromatic N) is 2. The summed E-state index contributed by atoms with van der Waals surface area (Å²) in [5.74, 6) is 0.476. The Morgan fingerprint density at radius 3 is 2.53 bits per heavy atom. The summed E-state index contributed by atoms with van der Waals surface area (Å²) in [5, 5.41) is 9.80. The molecule has 0 saturated heterocycles. The van der Waals surface area contributed by atoms with Crippen molar-refractivity contribution in [2.75, 3.05) is 7.11 Å². The lowest BCUT2D eigenvalue weighted by molar-refractivity contribution is 0.00199. The van der Waals surface area contributed by atoms with E-state index in [1.807, 2.05) is 13.8 Å². The van der Waals surface area contributed by atoms with Gasteiger partial charge in [-0.15, -0.1) is 0 Å². The topological polar surface area (TPSA) is 55.2 Å². The molecule has 0 aliphatic rings. The van der Waals surface area contributed by atoms with Gasteiger partial charge in [-0.1, -0.05) is 0 Å². The molecule has 4 nitrogen and oxygen atoms in total. The van der Waals surface area contributed by atoms with Crippen molar-refractivity contribution in [1.29, 1.82) is 0 Å². The van der Waals surface area contributed by atoms with Crippen LogP contribution >= 0.6 is 0 Å². The van der Waals surface area contributed by atoms with E-state index in [0.717, 1.165) is 6.42 Å². The largest absolute Gasteiger partial charge is 0.385 e. The third-order valence-corrected chi connectivity index (χ3v) is 2.46. The lowest BCUT2D eigenvalue weighted by Crippen LogP contribution is -2.23. The monoisotopic (exact) mass is 210 g/mol. The zero-order valence-electron chi connectivity index (χ0n) is 9.47. The number of hydrogen-bond donors (Lipinski definition) is 1. The van der Waals surface area contributed by atoms with E-state index in [9.17, 15) is 5.11 Å². The van der Waals surface area contributed by atoms with Gasteiger partial charge in [-0.25, -0.2) is 9.97 Å². The van der Waals surface area contributed by atoms with Gasteiger partial charge in [0.05, 0.1) is 5.60 Å². The average molecular weight is 210 g/mol. The molecule has 1 heterocycles. The third kappa shape index (κ3) is 3.93. The first-order valence-corrected chi connectivity index (χ1v) is 5.05. The van der Waals surface area contributed by atoms with Crippen molar-refractivity contribution in [3.63, 3.8) is 0 Å². The summed E-state index contributed by atoms with van der Waals surface area (Å²) in [7, 11) is 1.67. The number of hydrogen-bond acceptors (Lipinski definition) is 4. The first-order valence-electron chi connectivity index (χ1n) is 5.05. The minimum absolute atomic E-state index is 0.213. The van der Waals surface area contributed by atoms with E-state index >= 15 is 0 Å². The molecule has 0 aliphatic carbocycles. The van der Waals surface area contributed by atoms with Gasteiger partial charge in [0.25, 0.3) is 0 Å². The van der Waals surface area contributed by atoms with Crippen LogP contribution in [0.4, 0.5) is 0 Å². The smallest absolute Gasteiger partial charge is 0.156 e. The molecule has 0 saturated carbocycles. The van der Waals surface area contributed by atoms with Gasteiger partial charge >= 0.3 is 0 Å². The predicted molar refractivity (Wildman–Crippen MR) is 57.3 cm³/mol. The Labute approximate surface area is 90.3 Å². The SMILES string of the molecule is COC(C)(C)CCC(O)c1ncccn1. The van der Waals surface area contributed by atoms with Crippen molar-refractivity contribution in [2.24, 2.45) is 0 Å². The van der Waals surface area contributed by atoms with Gasteiger partial charge in [-0.2, -0.15) is 0 Å². The van der Waals surface area contributed by atoms with Crippen molar-refractivity contribution in [1.82, 2.24) is 9.97 Å². The Morgan fingerprint density at radius 1 is 1.40 bits per heavy atom. The fraction of sp³-hybridized carbons (Fsp3) is 0.636. The van der Waals surface area contributed by atoms with Crippen molar-refractivity contribution in [3.8, 4) is 0 Å². The normalized spacial score (nSPS) is 13.9. The maximum absolute atomic E-state index is 9.80. The van der Waals surface area contributed by atoms with Crippen LogP contribution in [-0.2, 0) is 4.74 Å². The van der Waals surface area contributed by atoms with E-state index in [-0.39, 0.29) is 5.60 Å². The van der Waals surface area contributed by atoms with E-state index in [4.69, 9.17) is 4.74 Å². The van der Waals surface area contributed by atoms with Crippen LogP contribution in [0.25, 0.3) is 0 Å². The zero-order valence-corrected chi connectivity index (χ0v) is 9.47. The Morgan fingerprint density at radius 2 is 2.00 bits per heavy atom. The molecule has 1 atom stereocenters. The van der Waals surface area contributed by atoms with Gasteiger partial charge in [0.15, 0.2) is 5.82 Å². The molecule has 1 aromatic rings. The molecule has 1 unspecified atom stereocenters. The minimum Gasteiger partial charge on any atom is -0.385 e. The van der Waals surface area contributed by atoms with Gasteiger partial charge in [-0.05, 0) is 32.8 Å². The van der Waals surface area contributed by atoms with Crippen LogP contribution in [0.1, 0.15) is 38.6 Å². The molecule has 1 aromatic heterocycles. The van der Waals surface area contributed by atoms with Crippen LogP contribution in [0.5, 0.6) is 0 Å². The number of aliphatic hydroxyl groups excluding tert-OH is 1. The van der Waals surface area contributed by atoms with Crippen LogP contribution in [0.2, 0.25) is 0 Å². The maximum atomic E-state index is 9.80. The summed E-state index contributed by atoms with van der Waals surface area (Å²) in [5.41, 5.74) is -0.213.